The third kappa shape index (κ3) is 4.88. The van der Waals surface area contributed by atoms with Gasteiger partial charge < -0.3 is 28.7 Å². The number of carbonyl (C=O) groups excluding carboxylic acids is 1. The molecule has 0 aliphatic rings. The summed E-state index contributed by atoms with van der Waals surface area (Å²) in [5.74, 6) is 2.41. The Morgan fingerprint density at radius 3 is 2.31 bits per heavy atom. The lowest BCUT2D eigenvalue weighted by Crippen LogP contribution is -2.14. The van der Waals surface area contributed by atoms with Crippen LogP contribution in [0.2, 0.25) is 5.02 Å². The lowest BCUT2D eigenvalue weighted by Gasteiger charge is -2.14. The van der Waals surface area contributed by atoms with Crippen molar-refractivity contribution in [3.63, 3.8) is 0 Å². The van der Waals surface area contributed by atoms with Crippen molar-refractivity contribution in [1.29, 1.82) is 0 Å². The maximum Gasteiger partial charge on any atom is 0.256 e. The molecule has 0 spiro atoms. The van der Waals surface area contributed by atoms with Crippen LogP contribution in [0.5, 0.6) is 23.0 Å². The lowest BCUT2D eigenvalue weighted by molar-refractivity contribution is 0.102. The molecule has 0 aliphatic heterocycles. The molecule has 8 nitrogen and oxygen atoms in total. The van der Waals surface area contributed by atoms with Crippen molar-refractivity contribution >= 4 is 23.2 Å². The maximum atomic E-state index is 13.3. The number of hydrogen-bond donors (Lipinski definition) is 1. The lowest BCUT2D eigenvalue weighted by atomic mass is 10.1. The van der Waals surface area contributed by atoms with Gasteiger partial charge in [-0.05, 0) is 24.3 Å². The molecule has 0 saturated carbocycles. The molecule has 4 rings (SSSR count). The number of halogens is 1. The molecule has 0 fully saturated rings. The number of amides is 1. The second-order valence-corrected chi connectivity index (χ2v) is 7.69. The van der Waals surface area contributed by atoms with Crippen LogP contribution < -0.4 is 24.3 Å². The number of methoxy groups -OCH3 is 4. The summed E-state index contributed by atoms with van der Waals surface area (Å²) in [6, 6.07) is 15.6. The van der Waals surface area contributed by atoms with Gasteiger partial charge in [0.05, 0.1) is 56.5 Å². The summed E-state index contributed by atoms with van der Waals surface area (Å²) in [5.41, 5.74) is 1.98. The maximum absolute atomic E-state index is 13.3. The molecule has 1 amide bonds. The molecular formula is C26H23ClN2O6. The zero-order chi connectivity index (χ0) is 24.9. The number of nitrogens with one attached hydrogen (secondary N) is 1. The summed E-state index contributed by atoms with van der Waals surface area (Å²) < 4.78 is 27.4. The van der Waals surface area contributed by atoms with Gasteiger partial charge >= 0.3 is 0 Å². The number of rotatable bonds is 8. The van der Waals surface area contributed by atoms with Crippen molar-refractivity contribution in [2.75, 3.05) is 33.8 Å². The Morgan fingerprint density at radius 1 is 0.857 bits per heavy atom. The highest BCUT2D eigenvalue weighted by atomic mass is 35.5. The Kier molecular flexibility index (Phi) is 7.12. The third-order valence-electron chi connectivity index (χ3n) is 5.30. The molecular weight excluding hydrogens is 472 g/mol. The van der Waals surface area contributed by atoms with E-state index in [9.17, 15) is 4.79 Å². The second kappa shape index (κ2) is 10.4. The van der Waals surface area contributed by atoms with Gasteiger partial charge in [-0.1, -0.05) is 23.7 Å². The van der Waals surface area contributed by atoms with Gasteiger partial charge in [-0.2, -0.15) is 0 Å². The van der Waals surface area contributed by atoms with Crippen molar-refractivity contribution in [3.8, 4) is 45.8 Å². The summed E-state index contributed by atoms with van der Waals surface area (Å²) in [5, 5.41) is 3.22. The van der Waals surface area contributed by atoms with E-state index in [0.29, 0.717) is 56.2 Å². The molecule has 0 bridgehead atoms. The molecule has 1 N–H and O–H groups in total. The molecule has 3 aromatic carbocycles. The average Bonchev–Trinajstić information content (AvgIpc) is 3.38. The molecule has 0 radical (unpaired) electrons. The summed E-state index contributed by atoms with van der Waals surface area (Å²) in [4.78, 5) is 17.7. The number of nitrogens with zero attached hydrogens (tertiary/aromatic N) is 1. The van der Waals surface area contributed by atoms with Gasteiger partial charge in [0.1, 0.15) is 23.0 Å². The van der Waals surface area contributed by atoms with Gasteiger partial charge in [0.15, 0.2) is 5.76 Å². The minimum absolute atomic E-state index is 0.282. The van der Waals surface area contributed by atoms with Gasteiger partial charge in [-0.25, -0.2) is 4.98 Å². The normalized spacial score (nSPS) is 10.5. The van der Waals surface area contributed by atoms with Crippen molar-refractivity contribution in [2.24, 2.45) is 0 Å². The highest BCUT2D eigenvalue weighted by Crippen LogP contribution is 2.38. The van der Waals surface area contributed by atoms with E-state index in [4.69, 9.17) is 35.0 Å². The highest BCUT2D eigenvalue weighted by Gasteiger charge is 2.20. The molecule has 180 valence electrons. The first-order valence-corrected chi connectivity index (χ1v) is 10.9. The molecule has 4 aromatic rings. The molecule has 1 heterocycles. The molecule has 0 unspecified atom stereocenters. The molecule has 1 aromatic heterocycles. The van der Waals surface area contributed by atoms with Crippen molar-refractivity contribution < 1.29 is 28.2 Å². The second-order valence-electron chi connectivity index (χ2n) is 7.28. The van der Waals surface area contributed by atoms with E-state index in [1.807, 2.05) is 6.07 Å². The minimum atomic E-state index is -0.384. The first-order chi connectivity index (χ1) is 17.0. The summed E-state index contributed by atoms with van der Waals surface area (Å²) >= 11 is 6.18. The number of ether oxygens (including phenoxy) is 4. The van der Waals surface area contributed by atoms with Gasteiger partial charge in [0.2, 0.25) is 5.89 Å². The summed E-state index contributed by atoms with van der Waals surface area (Å²) in [6.45, 7) is 0. The Hall–Kier alpha value is -4.17. The highest BCUT2D eigenvalue weighted by molar-refractivity contribution is 6.32. The number of benzene rings is 3. The van der Waals surface area contributed by atoms with Crippen molar-refractivity contribution in [3.05, 3.63) is 71.4 Å². The molecule has 0 atom stereocenters. The quantitative estimate of drug-likeness (QED) is 0.323. The van der Waals surface area contributed by atoms with Gasteiger partial charge in [0.25, 0.3) is 5.91 Å². The van der Waals surface area contributed by atoms with Crippen LogP contribution in [0.1, 0.15) is 10.4 Å². The zero-order valence-electron chi connectivity index (χ0n) is 19.5. The Morgan fingerprint density at radius 2 is 1.60 bits per heavy atom. The van der Waals surface area contributed by atoms with E-state index in [2.05, 4.69) is 10.3 Å². The van der Waals surface area contributed by atoms with Crippen molar-refractivity contribution in [2.45, 2.75) is 0 Å². The van der Waals surface area contributed by atoms with E-state index in [1.165, 1.54) is 14.2 Å². The van der Waals surface area contributed by atoms with Crippen LogP contribution in [0.3, 0.4) is 0 Å². The van der Waals surface area contributed by atoms with Gasteiger partial charge in [0, 0.05) is 23.8 Å². The van der Waals surface area contributed by atoms with E-state index in [-0.39, 0.29) is 11.8 Å². The number of carbonyl (C=O) groups is 1. The van der Waals surface area contributed by atoms with Crippen LogP contribution >= 0.6 is 11.6 Å². The number of hydrogen-bond acceptors (Lipinski definition) is 7. The monoisotopic (exact) mass is 494 g/mol. The van der Waals surface area contributed by atoms with Crippen LogP contribution in [-0.4, -0.2) is 39.3 Å². The van der Waals surface area contributed by atoms with Crippen LogP contribution in [0, 0.1) is 0 Å². The van der Waals surface area contributed by atoms with E-state index in [0.717, 1.165) is 0 Å². The molecule has 9 heteroatoms. The van der Waals surface area contributed by atoms with Gasteiger partial charge in [-0.3, -0.25) is 4.79 Å². The topological polar surface area (TPSA) is 92.1 Å². The Labute approximate surface area is 207 Å². The van der Waals surface area contributed by atoms with Crippen LogP contribution in [0.4, 0.5) is 5.69 Å². The van der Waals surface area contributed by atoms with Crippen LogP contribution in [0.25, 0.3) is 22.8 Å². The molecule has 0 saturated heterocycles. The summed E-state index contributed by atoms with van der Waals surface area (Å²) in [6.07, 6.45) is 1.58. The van der Waals surface area contributed by atoms with Crippen molar-refractivity contribution in [1.82, 2.24) is 4.98 Å². The van der Waals surface area contributed by atoms with E-state index in [1.54, 1.807) is 68.9 Å². The predicted molar refractivity (Wildman–Crippen MR) is 133 cm³/mol. The van der Waals surface area contributed by atoms with Crippen LogP contribution in [0.15, 0.2) is 65.2 Å². The van der Waals surface area contributed by atoms with E-state index < -0.39 is 0 Å². The fourth-order valence-corrected chi connectivity index (χ4v) is 3.77. The largest absolute Gasteiger partial charge is 0.497 e. The minimum Gasteiger partial charge on any atom is -0.497 e. The zero-order valence-corrected chi connectivity index (χ0v) is 20.3. The first-order valence-electron chi connectivity index (χ1n) is 10.5. The first kappa shape index (κ1) is 24.0. The Balaban J connectivity index is 1.68. The molecule has 35 heavy (non-hydrogen) atoms. The standard InChI is InChI=1S/C26H23ClN2O6/c1-31-15-9-10-18(21(11-15)32-2)24-14-28-26(35-24)17-8-6-5-7-16(17)25(30)29-20-13-22(33-3)19(27)12-23(20)34-4/h5-14H,1-4H3,(H,29,30). The predicted octanol–water partition coefficient (Wildman–Crippen LogP) is 5.95. The number of anilines is 1. The SMILES string of the molecule is COc1ccc(-c2cnc(-c3ccccc3C(=O)Nc3cc(OC)c(Cl)cc3OC)o2)c(OC)c1. The van der Waals surface area contributed by atoms with Crippen LogP contribution in [-0.2, 0) is 0 Å². The number of aromatic nitrogens is 1. The Bertz CT molecular complexity index is 1370. The summed E-state index contributed by atoms with van der Waals surface area (Å²) in [7, 11) is 6.13. The fourth-order valence-electron chi connectivity index (χ4n) is 3.54. The van der Waals surface area contributed by atoms with Gasteiger partial charge in [-0.15, -0.1) is 0 Å². The third-order valence-corrected chi connectivity index (χ3v) is 5.60. The average molecular weight is 495 g/mol. The molecule has 0 aliphatic carbocycles. The smallest absolute Gasteiger partial charge is 0.256 e. The fraction of sp³-hybridized carbons (Fsp3) is 0.154. The van der Waals surface area contributed by atoms with E-state index >= 15 is 0 Å². The number of oxazole rings is 1.